The lowest BCUT2D eigenvalue weighted by atomic mass is 10.1. The predicted octanol–water partition coefficient (Wildman–Crippen LogP) is 2.89. The molecule has 0 aliphatic heterocycles. The SMILES string of the molecule is C=CCNC(=O)N[C@@H](C)c1ccc(Cl)cc1. The first kappa shape index (κ1) is 12.6. The van der Waals surface area contributed by atoms with Crippen LogP contribution in [0.3, 0.4) is 0 Å². The van der Waals surface area contributed by atoms with Crippen molar-refractivity contribution in [3.05, 3.63) is 47.5 Å². The number of nitrogens with one attached hydrogen (secondary N) is 2. The molecular weight excluding hydrogens is 224 g/mol. The molecule has 0 saturated heterocycles. The van der Waals surface area contributed by atoms with Crippen LogP contribution in [0.5, 0.6) is 0 Å². The van der Waals surface area contributed by atoms with Gasteiger partial charge in [-0.2, -0.15) is 0 Å². The van der Waals surface area contributed by atoms with E-state index in [-0.39, 0.29) is 12.1 Å². The molecule has 0 aliphatic rings. The summed E-state index contributed by atoms with van der Waals surface area (Å²) in [6.45, 7) is 5.89. The average molecular weight is 239 g/mol. The Labute approximate surface area is 100 Å². The third-order valence-electron chi connectivity index (χ3n) is 2.12. The fourth-order valence-electron chi connectivity index (χ4n) is 1.25. The highest BCUT2D eigenvalue weighted by atomic mass is 35.5. The molecule has 1 atom stereocenters. The van der Waals surface area contributed by atoms with E-state index in [1.807, 2.05) is 19.1 Å². The second-order valence-electron chi connectivity index (χ2n) is 3.42. The molecule has 0 aliphatic carbocycles. The van der Waals surface area contributed by atoms with Crippen LogP contribution in [0.2, 0.25) is 5.02 Å². The van der Waals surface area contributed by atoms with Crippen LogP contribution in [0.1, 0.15) is 18.5 Å². The first-order valence-electron chi connectivity index (χ1n) is 5.04. The summed E-state index contributed by atoms with van der Waals surface area (Å²) < 4.78 is 0. The van der Waals surface area contributed by atoms with Gasteiger partial charge in [-0.3, -0.25) is 0 Å². The third-order valence-corrected chi connectivity index (χ3v) is 2.38. The minimum absolute atomic E-state index is 0.0536. The molecule has 0 bridgehead atoms. The quantitative estimate of drug-likeness (QED) is 0.779. The molecule has 0 aromatic heterocycles. The van der Waals surface area contributed by atoms with Gasteiger partial charge >= 0.3 is 6.03 Å². The van der Waals surface area contributed by atoms with Crippen molar-refractivity contribution in [2.45, 2.75) is 13.0 Å². The summed E-state index contributed by atoms with van der Waals surface area (Å²) >= 11 is 5.78. The Morgan fingerprint density at radius 2 is 2.12 bits per heavy atom. The molecule has 0 heterocycles. The zero-order valence-corrected chi connectivity index (χ0v) is 9.92. The molecule has 86 valence electrons. The average Bonchev–Trinajstić information content (AvgIpc) is 2.27. The summed E-state index contributed by atoms with van der Waals surface area (Å²) in [5.41, 5.74) is 1.01. The van der Waals surface area contributed by atoms with Gasteiger partial charge in [0, 0.05) is 11.6 Å². The number of benzene rings is 1. The second kappa shape index (κ2) is 6.18. The first-order chi connectivity index (χ1) is 7.63. The number of carbonyl (C=O) groups is 1. The molecule has 0 fully saturated rings. The number of carbonyl (C=O) groups excluding carboxylic acids is 1. The summed E-state index contributed by atoms with van der Waals surface area (Å²) in [5, 5.41) is 6.15. The molecule has 0 saturated carbocycles. The molecule has 4 heteroatoms. The number of hydrogen-bond donors (Lipinski definition) is 2. The number of rotatable bonds is 4. The zero-order chi connectivity index (χ0) is 12.0. The van der Waals surface area contributed by atoms with Crippen LogP contribution >= 0.6 is 11.6 Å². The van der Waals surface area contributed by atoms with Crippen molar-refractivity contribution < 1.29 is 4.79 Å². The molecular formula is C12H15ClN2O. The van der Waals surface area contributed by atoms with Crippen molar-refractivity contribution in [3.8, 4) is 0 Å². The molecule has 1 rings (SSSR count). The lowest BCUT2D eigenvalue weighted by Crippen LogP contribution is -2.36. The van der Waals surface area contributed by atoms with Crippen molar-refractivity contribution in [3.63, 3.8) is 0 Å². The van der Waals surface area contributed by atoms with Crippen molar-refractivity contribution in [2.24, 2.45) is 0 Å². The maximum Gasteiger partial charge on any atom is 0.315 e. The van der Waals surface area contributed by atoms with E-state index in [0.717, 1.165) is 5.56 Å². The van der Waals surface area contributed by atoms with Crippen molar-refractivity contribution in [1.29, 1.82) is 0 Å². The molecule has 3 nitrogen and oxygen atoms in total. The smallest absolute Gasteiger partial charge is 0.315 e. The predicted molar refractivity (Wildman–Crippen MR) is 66.6 cm³/mol. The monoisotopic (exact) mass is 238 g/mol. The van der Waals surface area contributed by atoms with Crippen molar-refractivity contribution in [1.82, 2.24) is 10.6 Å². The maximum absolute atomic E-state index is 11.4. The van der Waals surface area contributed by atoms with Gasteiger partial charge in [0.05, 0.1) is 6.04 Å². The minimum atomic E-state index is -0.206. The van der Waals surface area contributed by atoms with E-state index in [1.165, 1.54) is 0 Å². The molecule has 0 radical (unpaired) electrons. The lowest BCUT2D eigenvalue weighted by Gasteiger charge is -2.14. The normalized spacial score (nSPS) is 11.6. The number of amides is 2. The van der Waals surface area contributed by atoms with E-state index in [4.69, 9.17) is 11.6 Å². The van der Waals surface area contributed by atoms with Gasteiger partial charge in [-0.05, 0) is 24.6 Å². The van der Waals surface area contributed by atoms with Gasteiger partial charge < -0.3 is 10.6 Å². The van der Waals surface area contributed by atoms with E-state index < -0.39 is 0 Å². The summed E-state index contributed by atoms with van der Waals surface area (Å²) in [7, 11) is 0. The minimum Gasteiger partial charge on any atom is -0.335 e. The highest BCUT2D eigenvalue weighted by Crippen LogP contribution is 2.15. The van der Waals surface area contributed by atoms with Gasteiger partial charge in [0.15, 0.2) is 0 Å². The Balaban J connectivity index is 2.51. The number of urea groups is 1. The molecule has 16 heavy (non-hydrogen) atoms. The van der Waals surface area contributed by atoms with Gasteiger partial charge in [0.1, 0.15) is 0 Å². The number of halogens is 1. The Kier molecular flexibility index (Phi) is 4.86. The zero-order valence-electron chi connectivity index (χ0n) is 9.16. The highest BCUT2D eigenvalue weighted by molar-refractivity contribution is 6.30. The van der Waals surface area contributed by atoms with Crippen LogP contribution in [-0.2, 0) is 0 Å². The highest BCUT2D eigenvalue weighted by Gasteiger charge is 2.07. The summed E-state index contributed by atoms with van der Waals surface area (Å²) in [6, 6.07) is 7.12. The van der Waals surface area contributed by atoms with Gasteiger partial charge in [0.2, 0.25) is 0 Å². The third kappa shape index (κ3) is 3.95. The molecule has 2 N–H and O–H groups in total. The molecule has 2 amide bonds. The topological polar surface area (TPSA) is 41.1 Å². The summed E-state index contributed by atoms with van der Waals surface area (Å²) in [6.07, 6.45) is 1.63. The van der Waals surface area contributed by atoms with E-state index in [9.17, 15) is 4.79 Å². The van der Waals surface area contributed by atoms with Gasteiger partial charge in [-0.25, -0.2) is 4.79 Å². The molecule has 0 unspecified atom stereocenters. The fraction of sp³-hybridized carbons (Fsp3) is 0.250. The molecule has 1 aromatic carbocycles. The lowest BCUT2D eigenvalue weighted by molar-refractivity contribution is 0.239. The Bertz CT molecular complexity index is 362. The van der Waals surface area contributed by atoms with Crippen LogP contribution in [0.15, 0.2) is 36.9 Å². The first-order valence-corrected chi connectivity index (χ1v) is 5.42. The van der Waals surface area contributed by atoms with E-state index >= 15 is 0 Å². The van der Waals surface area contributed by atoms with Crippen LogP contribution in [0, 0.1) is 0 Å². The summed E-state index contributed by atoms with van der Waals surface area (Å²) in [4.78, 5) is 11.4. The summed E-state index contributed by atoms with van der Waals surface area (Å²) in [5.74, 6) is 0. The van der Waals surface area contributed by atoms with Crippen molar-refractivity contribution >= 4 is 17.6 Å². The van der Waals surface area contributed by atoms with Crippen LogP contribution < -0.4 is 10.6 Å². The van der Waals surface area contributed by atoms with Gasteiger partial charge in [0.25, 0.3) is 0 Å². The molecule has 1 aromatic rings. The van der Waals surface area contributed by atoms with Gasteiger partial charge in [-0.1, -0.05) is 29.8 Å². The van der Waals surface area contributed by atoms with E-state index in [2.05, 4.69) is 17.2 Å². The van der Waals surface area contributed by atoms with Gasteiger partial charge in [-0.15, -0.1) is 6.58 Å². The standard InChI is InChI=1S/C12H15ClN2O/c1-3-8-14-12(16)15-9(2)10-4-6-11(13)7-5-10/h3-7,9H,1,8H2,2H3,(H2,14,15,16)/t9-/m0/s1. The Hall–Kier alpha value is -1.48. The van der Waals surface area contributed by atoms with E-state index in [1.54, 1.807) is 18.2 Å². The van der Waals surface area contributed by atoms with E-state index in [0.29, 0.717) is 11.6 Å². The molecule has 0 spiro atoms. The van der Waals surface area contributed by atoms with Crippen LogP contribution in [0.25, 0.3) is 0 Å². The number of hydrogen-bond acceptors (Lipinski definition) is 1. The second-order valence-corrected chi connectivity index (χ2v) is 3.85. The fourth-order valence-corrected chi connectivity index (χ4v) is 1.37. The van der Waals surface area contributed by atoms with Crippen LogP contribution in [0.4, 0.5) is 4.79 Å². The van der Waals surface area contributed by atoms with Crippen LogP contribution in [-0.4, -0.2) is 12.6 Å². The Morgan fingerprint density at radius 1 is 1.50 bits per heavy atom. The maximum atomic E-state index is 11.4. The largest absolute Gasteiger partial charge is 0.335 e. The Morgan fingerprint density at radius 3 is 2.69 bits per heavy atom. The van der Waals surface area contributed by atoms with Crippen molar-refractivity contribution in [2.75, 3.05) is 6.54 Å².